The van der Waals surface area contributed by atoms with Gasteiger partial charge in [0.15, 0.2) is 5.82 Å². The molecule has 0 aliphatic heterocycles. The SMILES string of the molecule is CCOCC(N)c1noc(-c2ccc([N+](=O)[O-])cc2F)n1. The zero-order valence-corrected chi connectivity index (χ0v) is 11.2. The number of hydrogen-bond acceptors (Lipinski definition) is 7. The minimum Gasteiger partial charge on any atom is -0.380 e. The van der Waals surface area contributed by atoms with Crippen LogP contribution < -0.4 is 5.73 Å². The van der Waals surface area contributed by atoms with E-state index in [1.54, 1.807) is 0 Å². The first-order chi connectivity index (χ1) is 10.0. The van der Waals surface area contributed by atoms with Crippen molar-refractivity contribution in [2.24, 2.45) is 5.73 Å². The number of non-ortho nitro benzene ring substituents is 1. The number of rotatable bonds is 6. The van der Waals surface area contributed by atoms with Gasteiger partial charge in [-0.05, 0) is 13.0 Å². The first-order valence-corrected chi connectivity index (χ1v) is 6.14. The predicted octanol–water partition coefficient (Wildman–Crippen LogP) is 1.82. The maximum Gasteiger partial charge on any atom is 0.272 e. The van der Waals surface area contributed by atoms with Crippen LogP contribution in [0.1, 0.15) is 18.8 Å². The molecule has 0 spiro atoms. The van der Waals surface area contributed by atoms with Crippen LogP contribution in [0.3, 0.4) is 0 Å². The van der Waals surface area contributed by atoms with Crippen molar-refractivity contribution >= 4 is 5.69 Å². The van der Waals surface area contributed by atoms with Gasteiger partial charge in [0, 0.05) is 12.7 Å². The quantitative estimate of drug-likeness (QED) is 0.638. The summed E-state index contributed by atoms with van der Waals surface area (Å²) in [7, 11) is 0. The van der Waals surface area contributed by atoms with E-state index in [-0.39, 0.29) is 29.6 Å². The number of nitrogens with zero attached hydrogens (tertiary/aromatic N) is 3. The summed E-state index contributed by atoms with van der Waals surface area (Å²) < 4.78 is 23.9. The first-order valence-electron chi connectivity index (χ1n) is 6.14. The fourth-order valence-corrected chi connectivity index (χ4v) is 1.61. The normalized spacial score (nSPS) is 12.3. The fraction of sp³-hybridized carbons (Fsp3) is 0.333. The number of hydrogen-bond donors (Lipinski definition) is 1. The molecule has 2 aromatic rings. The molecule has 1 heterocycles. The molecule has 2 N–H and O–H groups in total. The molecular weight excluding hydrogens is 283 g/mol. The minimum atomic E-state index is -0.822. The van der Waals surface area contributed by atoms with Crippen molar-refractivity contribution in [1.82, 2.24) is 10.1 Å². The molecule has 0 saturated carbocycles. The minimum absolute atomic E-state index is 0.0250. The van der Waals surface area contributed by atoms with Gasteiger partial charge in [-0.15, -0.1) is 0 Å². The van der Waals surface area contributed by atoms with E-state index in [9.17, 15) is 14.5 Å². The third-order valence-corrected chi connectivity index (χ3v) is 2.67. The molecule has 0 bridgehead atoms. The summed E-state index contributed by atoms with van der Waals surface area (Å²) in [6.45, 7) is 2.52. The Morgan fingerprint density at radius 3 is 2.95 bits per heavy atom. The summed E-state index contributed by atoms with van der Waals surface area (Å²) in [5, 5.41) is 14.2. The molecule has 0 saturated heterocycles. The Kier molecular flexibility index (Phi) is 4.55. The highest BCUT2D eigenvalue weighted by atomic mass is 19.1. The van der Waals surface area contributed by atoms with Crippen molar-refractivity contribution in [2.75, 3.05) is 13.2 Å². The predicted molar refractivity (Wildman–Crippen MR) is 69.8 cm³/mol. The number of nitrogens with two attached hydrogens (primary N) is 1. The summed E-state index contributed by atoms with van der Waals surface area (Å²) in [6, 6.07) is 2.56. The van der Waals surface area contributed by atoms with Crippen LogP contribution in [0.25, 0.3) is 11.5 Å². The van der Waals surface area contributed by atoms with Gasteiger partial charge in [0.2, 0.25) is 0 Å². The second kappa shape index (κ2) is 6.37. The molecular formula is C12H13FN4O4. The first kappa shape index (κ1) is 15.0. The van der Waals surface area contributed by atoms with Crippen LogP contribution in [-0.2, 0) is 4.74 Å². The molecule has 8 nitrogen and oxygen atoms in total. The van der Waals surface area contributed by atoms with Gasteiger partial charge >= 0.3 is 0 Å². The molecule has 1 unspecified atom stereocenters. The summed E-state index contributed by atoms with van der Waals surface area (Å²) >= 11 is 0. The van der Waals surface area contributed by atoms with Gasteiger partial charge in [0.1, 0.15) is 5.82 Å². The Labute approximate surface area is 118 Å². The van der Waals surface area contributed by atoms with Crippen LogP contribution in [0.4, 0.5) is 10.1 Å². The molecule has 2 rings (SSSR count). The molecule has 21 heavy (non-hydrogen) atoms. The number of nitro benzene ring substituents is 1. The number of benzene rings is 1. The lowest BCUT2D eigenvalue weighted by atomic mass is 10.2. The lowest BCUT2D eigenvalue weighted by molar-refractivity contribution is -0.385. The average Bonchev–Trinajstić information content (AvgIpc) is 2.94. The maximum absolute atomic E-state index is 13.8. The second-order valence-corrected chi connectivity index (χ2v) is 4.14. The number of ether oxygens (including phenoxy) is 1. The van der Waals surface area contributed by atoms with E-state index < -0.39 is 16.8 Å². The molecule has 1 aromatic heterocycles. The summed E-state index contributed by atoms with van der Waals surface area (Å²) in [4.78, 5) is 13.8. The van der Waals surface area contributed by atoms with Crippen LogP contribution in [-0.4, -0.2) is 28.3 Å². The van der Waals surface area contributed by atoms with Gasteiger partial charge in [0.05, 0.1) is 29.2 Å². The zero-order chi connectivity index (χ0) is 15.4. The van der Waals surface area contributed by atoms with Crippen LogP contribution in [0.2, 0.25) is 0 Å². The van der Waals surface area contributed by atoms with Gasteiger partial charge in [-0.3, -0.25) is 10.1 Å². The molecule has 0 aliphatic carbocycles. The molecule has 0 radical (unpaired) electrons. The van der Waals surface area contributed by atoms with Crippen molar-refractivity contribution in [3.8, 4) is 11.5 Å². The van der Waals surface area contributed by atoms with Crippen LogP contribution in [0.5, 0.6) is 0 Å². The van der Waals surface area contributed by atoms with Crippen molar-refractivity contribution in [1.29, 1.82) is 0 Å². The van der Waals surface area contributed by atoms with Gasteiger partial charge in [-0.1, -0.05) is 5.16 Å². The van der Waals surface area contributed by atoms with Crippen molar-refractivity contribution in [3.63, 3.8) is 0 Å². The smallest absolute Gasteiger partial charge is 0.272 e. The van der Waals surface area contributed by atoms with Gasteiger partial charge in [-0.2, -0.15) is 4.98 Å². The highest BCUT2D eigenvalue weighted by Gasteiger charge is 2.19. The lowest BCUT2D eigenvalue weighted by Crippen LogP contribution is -2.18. The number of nitro groups is 1. The Hall–Kier alpha value is -2.39. The summed E-state index contributed by atoms with van der Waals surface area (Å²) in [6.07, 6.45) is 0. The van der Waals surface area contributed by atoms with E-state index in [1.165, 1.54) is 6.07 Å². The van der Waals surface area contributed by atoms with Crippen molar-refractivity contribution in [3.05, 3.63) is 40.0 Å². The van der Waals surface area contributed by atoms with E-state index in [0.29, 0.717) is 6.61 Å². The average molecular weight is 296 g/mol. The van der Waals surface area contributed by atoms with E-state index >= 15 is 0 Å². The van der Waals surface area contributed by atoms with E-state index in [0.717, 1.165) is 12.1 Å². The maximum atomic E-state index is 13.8. The number of halogens is 1. The molecule has 1 atom stereocenters. The molecule has 0 amide bonds. The Bertz CT molecular complexity index is 646. The Morgan fingerprint density at radius 2 is 2.33 bits per heavy atom. The zero-order valence-electron chi connectivity index (χ0n) is 11.2. The molecule has 112 valence electrons. The van der Waals surface area contributed by atoms with Gasteiger partial charge in [0.25, 0.3) is 11.6 Å². The highest BCUT2D eigenvalue weighted by Crippen LogP contribution is 2.25. The fourth-order valence-electron chi connectivity index (χ4n) is 1.61. The topological polar surface area (TPSA) is 117 Å². The van der Waals surface area contributed by atoms with Crippen LogP contribution >= 0.6 is 0 Å². The second-order valence-electron chi connectivity index (χ2n) is 4.14. The monoisotopic (exact) mass is 296 g/mol. The van der Waals surface area contributed by atoms with Crippen LogP contribution in [0, 0.1) is 15.9 Å². The molecule has 9 heteroatoms. The van der Waals surface area contributed by atoms with E-state index in [4.69, 9.17) is 15.0 Å². The van der Waals surface area contributed by atoms with E-state index in [1.807, 2.05) is 6.92 Å². The molecule has 0 fully saturated rings. The lowest BCUT2D eigenvalue weighted by Gasteiger charge is -2.05. The third kappa shape index (κ3) is 3.38. The molecule has 0 aliphatic rings. The van der Waals surface area contributed by atoms with E-state index in [2.05, 4.69) is 10.1 Å². The highest BCUT2D eigenvalue weighted by molar-refractivity contribution is 5.56. The van der Waals surface area contributed by atoms with Crippen molar-refractivity contribution in [2.45, 2.75) is 13.0 Å². The summed E-state index contributed by atoms with van der Waals surface area (Å²) in [5.41, 5.74) is 5.40. The van der Waals surface area contributed by atoms with Gasteiger partial charge in [-0.25, -0.2) is 4.39 Å². The summed E-state index contributed by atoms with van der Waals surface area (Å²) in [5.74, 6) is -0.738. The number of aromatic nitrogens is 2. The van der Waals surface area contributed by atoms with Gasteiger partial charge < -0.3 is 15.0 Å². The van der Waals surface area contributed by atoms with Crippen molar-refractivity contribution < 1.29 is 18.6 Å². The van der Waals surface area contributed by atoms with Crippen LogP contribution in [0.15, 0.2) is 22.7 Å². The largest absolute Gasteiger partial charge is 0.380 e. The Balaban J connectivity index is 2.23. The Morgan fingerprint density at radius 1 is 1.57 bits per heavy atom. The standard InChI is InChI=1S/C12H13FN4O4/c1-2-20-6-10(14)11-15-12(21-16-11)8-4-3-7(17(18)19)5-9(8)13/h3-5,10H,2,6,14H2,1H3. The third-order valence-electron chi connectivity index (χ3n) is 2.67. The molecule has 1 aromatic carbocycles.